The number of para-hydroxylation sites is 2. The van der Waals surface area contributed by atoms with Crippen molar-refractivity contribution in [2.45, 2.75) is 25.7 Å². The van der Waals surface area contributed by atoms with Crippen LogP contribution >= 0.6 is 0 Å². The Morgan fingerprint density at radius 3 is 2.42 bits per heavy atom. The number of carboxylic acids is 1. The van der Waals surface area contributed by atoms with Gasteiger partial charge in [0.1, 0.15) is 5.75 Å². The normalized spacial score (nSPS) is 10.2. The molecule has 0 aliphatic rings. The van der Waals surface area contributed by atoms with Gasteiger partial charge in [-0.05, 0) is 30.5 Å². The van der Waals surface area contributed by atoms with E-state index < -0.39 is 5.97 Å². The second-order valence-electron chi connectivity index (χ2n) is 5.38. The van der Waals surface area contributed by atoms with Crippen molar-refractivity contribution < 1.29 is 19.4 Å². The van der Waals surface area contributed by atoms with Crippen LogP contribution < -0.4 is 10.1 Å². The molecular formula is C19H21NO4. The van der Waals surface area contributed by atoms with Gasteiger partial charge in [0, 0.05) is 6.42 Å². The number of hydrogen-bond donors (Lipinski definition) is 2. The third-order valence-electron chi connectivity index (χ3n) is 3.44. The summed E-state index contributed by atoms with van der Waals surface area (Å²) in [7, 11) is 0. The lowest BCUT2D eigenvalue weighted by Gasteiger charge is -2.12. The molecule has 2 N–H and O–H groups in total. The van der Waals surface area contributed by atoms with Gasteiger partial charge in [-0.3, -0.25) is 9.59 Å². The number of ether oxygens (including phenoxy) is 1. The molecule has 0 atom stereocenters. The quantitative estimate of drug-likeness (QED) is 0.691. The molecule has 24 heavy (non-hydrogen) atoms. The minimum absolute atomic E-state index is 0.0579. The number of carbonyl (C=O) groups excluding carboxylic acids is 1. The highest BCUT2D eigenvalue weighted by Crippen LogP contribution is 2.24. The molecule has 0 radical (unpaired) electrons. The van der Waals surface area contributed by atoms with Crippen molar-refractivity contribution in [3.63, 3.8) is 0 Å². The van der Waals surface area contributed by atoms with Gasteiger partial charge in [0.2, 0.25) is 5.91 Å². The van der Waals surface area contributed by atoms with Gasteiger partial charge < -0.3 is 15.2 Å². The third-order valence-corrected chi connectivity index (χ3v) is 3.44. The van der Waals surface area contributed by atoms with Gasteiger partial charge in [-0.25, -0.2) is 0 Å². The van der Waals surface area contributed by atoms with E-state index in [0.717, 1.165) is 12.8 Å². The molecule has 0 aromatic heterocycles. The van der Waals surface area contributed by atoms with Crippen LogP contribution in [0.2, 0.25) is 0 Å². The molecule has 2 aromatic rings. The highest BCUT2D eigenvalue weighted by molar-refractivity contribution is 5.93. The summed E-state index contributed by atoms with van der Waals surface area (Å²) < 4.78 is 5.75. The van der Waals surface area contributed by atoms with Crippen molar-refractivity contribution >= 4 is 17.6 Å². The summed E-state index contributed by atoms with van der Waals surface area (Å²) in [6, 6.07) is 17.3. The number of carboxylic acid groups (broad SMARTS) is 1. The lowest BCUT2D eigenvalue weighted by atomic mass is 10.1. The Morgan fingerprint density at radius 2 is 1.67 bits per heavy atom. The highest BCUT2D eigenvalue weighted by Gasteiger charge is 2.09. The van der Waals surface area contributed by atoms with E-state index in [2.05, 4.69) is 17.4 Å². The van der Waals surface area contributed by atoms with Crippen LogP contribution in [0.15, 0.2) is 54.6 Å². The number of benzene rings is 2. The fraction of sp³-hybridized carbons (Fsp3) is 0.263. The molecule has 0 bridgehead atoms. The fourth-order valence-corrected chi connectivity index (χ4v) is 2.23. The van der Waals surface area contributed by atoms with Crippen molar-refractivity contribution in [2.24, 2.45) is 0 Å². The van der Waals surface area contributed by atoms with Crippen LogP contribution in [-0.2, 0) is 16.0 Å². The molecule has 0 spiro atoms. The van der Waals surface area contributed by atoms with Crippen LogP contribution in [0.25, 0.3) is 0 Å². The number of hydrogen-bond acceptors (Lipinski definition) is 3. The standard InChI is InChI=1S/C19H21NO4/c21-18(12-13-19(22)23)20-16-10-4-5-11-17(16)24-14-6-9-15-7-2-1-3-8-15/h1-5,7-8,10-11H,6,9,12-14H2,(H,20,21)(H,22,23). The fourth-order valence-electron chi connectivity index (χ4n) is 2.23. The zero-order valence-electron chi connectivity index (χ0n) is 13.4. The third kappa shape index (κ3) is 6.12. The van der Waals surface area contributed by atoms with Crippen molar-refractivity contribution in [1.29, 1.82) is 0 Å². The van der Waals surface area contributed by atoms with Crippen molar-refractivity contribution in [3.05, 3.63) is 60.2 Å². The second-order valence-corrected chi connectivity index (χ2v) is 5.38. The van der Waals surface area contributed by atoms with Crippen molar-refractivity contribution in [1.82, 2.24) is 0 Å². The monoisotopic (exact) mass is 327 g/mol. The lowest BCUT2D eigenvalue weighted by molar-refractivity contribution is -0.138. The lowest BCUT2D eigenvalue weighted by Crippen LogP contribution is -2.14. The van der Waals surface area contributed by atoms with Crippen molar-refractivity contribution in [2.75, 3.05) is 11.9 Å². The van der Waals surface area contributed by atoms with E-state index in [1.165, 1.54) is 5.56 Å². The molecule has 5 heteroatoms. The van der Waals surface area contributed by atoms with E-state index in [-0.39, 0.29) is 18.7 Å². The molecule has 0 unspecified atom stereocenters. The Kier molecular flexibility index (Phi) is 6.83. The molecule has 5 nitrogen and oxygen atoms in total. The van der Waals surface area contributed by atoms with Crippen LogP contribution in [0.4, 0.5) is 5.69 Å². The molecule has 1 amide bonds. The molecule has 0 fully saturated rings. The summed E-state index contributed by atoms with van der Waals surface area (Å²) in [5, 5.41) is 11.3. The minimum atomic E-state index is -0.990. The first-order chi connectivity index (χ1) is 11.6. The molecule has 0 aliphatic heterocycles. The van der Waals surface area contributed by atoms with Gasteiger partial charge in [0.25, 0.3) is 0 Å². The van der Waals surface area contributed by atoms with E-state index >= 15 is 0 Å². The predicted octanol–water partition coefficient (Wildman–Crippen LogP) is 3.50. The van der Waals surface area contributed by atoms with Crippen LogP contribution in [0.3, 0.4) is 0 Å². The van der Waals surface area contributed by atoms with Gasteiger partial charge in [0.05, 0.1) is 18.7 Å². The second kappa shape index (κ2) is 9.35. The Hall–Kier alpha value is -2.82. The van der Waals surface area contributed by atoms with E-state index in [1.54, 1.807) is 18.2 Å². The van der Waals surface area contributed by atoms with Gasteiger partial charge in [-0.15, -0.1) is 0 Å². The first-order valence-electron chi connectivity index (χ1n) is 7.92. The summed E-state index contributed by atoms with van der Waals surface area (Å²) in [4.78, 5) is 22.3. The zero-order chi connectivity index (χ0) is 17.2. The Labute approximate surface area is 141 Å². The molecule has 0 heterocycles. The smallest absolute Gasteiger partial charge is 0.303 e. The summed E-state index contributed by atoms with van der Waals surface area (Å²) in [5.74, 6) is -0.734. The van der Waals surface area contributed by atoms with Crippen LogP contribution in [0, 0.1) is 0 Å². The first-order valence-corrected chi connectivity index (χ1v) is 7.92. The maximum Gasteiger partial charge on any atom is 0.303 e. The SMILES string of the molecule is O=C(O)CCC(=O)Nc1ccccc1OCCCc1ccccc1. The molecule has 2 aromatic carbocycles. The summed E-state index contributed by atoms with van der Waals surface area (Å²) >= 11 is 0. The van der Waals surface area contributed by atoms with Crippen LogP contribution in [-0.4, -0.2) is 23.6 Å². The summed E-state index contributed by atoms with van der Waals surface area (Å²) in [6.07, 6.45) is 1.54. The van der Waals surface area contributed by atoms with Crippen LogP contribution in [0.1, 0.15) is 24.8 Å². The number of carbonyl (C=O) groups is 2. The van der Waals surface area contributed by atoms with Crippen molar-refractivity contribution in [3.8, 4) is 5.75 Å². The number of aryl methyl sites for hydroxylation is 1. The molecule has 0 saturated carbocycles. The number of anilines is 1. The minimum Gasteiger partial charge on any atom is -0.491 e. The highest BCUT2D eigenvalue weighted by atomic mass is 16.5. The zero-order valence-corrected chi connectivity index (χ0v) is 13.4. The first kappa shape index (κ1) is 17.5. The maximum absolute atomic E-state index is 11.8. The van der Waals surface area contributed by atoms with E-state index in [1.807, 2.05) is 24.3 Å². The predicted molar refractivity (Wildman–Crippen MR) is 92.2 cm³/mol. The van der Waals surface area contributed by atoms with Gasteiger partial charge in [-0.1, -0.05) is 42.5 Å². The average Bonchev–Trinajstić information content (AvgIpc) is 2.59. The Bertz CT molecular complexity index is 670. The van der Waals surface area contributed by atoms with E-state index in [4.69, 9.17) is 9.84 Å². The number of rotatable bonds is 9. The van der Waals surface area contributed by atoms with E-state index in [0.29, 0.717) is 18.0 Å². The number of aliphatic carboxylic acids is 1. The maximum atomic E-state index is 11.8. The number of amides is 1. The molecule has 2 rings (SSSR count). The average molecular weight is 327 g/mol. The molecule has 126 valence electrons. The molecular weight excluding hydrogens is 306 g/mol. The topological polar surface area (TPSA) is 75.6 Å². The van der Waals surface area contributed by atoms with Gasteiger partial charge in [-0.2, -0.15) is 0 Å². The van der Waals surface area contributed by atoms with Gasteiger partial charge in [0.15, 0.2) is 0 Å². The summed E-state index contributed by atoms with van der Waals surface area (Å²) in [5.41, 5.74) is 1.82. The van der Waals surface area contributed by atoms with Crippen LogP contribution in [0.5, 0.6) is 5.75 Å². The molecule has 0 aliphatic carbocycles. The van der Waals surface area contributed by atoms with E-state index in [9.17, 15) is 9.59 Å². The van der Waals surface area contributed by atoms with Gasteiger partial charge >= 0.3 is 5.97 Å². The Balaban J connectivity index is 1.82. The molecule has 0 saturated heterocycles. The Morgan fingerprint density at radius 1 is 0.958 bits per heavy atom. The largest absolute Gasteiger partial charge is 0.491 e. The number of nitrogens with one attached hydrogen (secondary N) is 1. The summed E-state index contributed by atoms with van der Waals surface area (Å²) in [6.45, 7) is 0.539.